The maximum atomic E-state index is 13.5. The quantitative estimate of drug-likeness (QED) is 0.366. The van der Waals surface area contributed by atoms with E-state index in [1.165, 1.54) is 36.4 Å². The summed E-state index contributed by atoms with van der Waals surface area (Å²) in [6.07, 6.45) is -4.81. The van der Waals surface area contributed by atoms with Gasteiger partial charge in [0.25, 0.3) is 5.91 Å². The number of benzene rings is 3. The highest BCUT2D eigenvalue weighted by Crippen LogP contribution is 2.24. The molecular formula is C21H12F4N2O3. The first-order valence-electron chi connectivity index (χ1n) is 8.62. The Labute approximate surface area is 165 Å². The minimum atomic E-state index is -4.81. The molecule has 1 amide bonds. The lowest BCUT2D eigenvalue weighted by Gasteiger charge is -2.10. The second-order valence-electron chi connectivity index (χ2n) is 6.43. The molecule has 4 rings (SSSR count). The number of pyridine rings is 1. The standard InChI is InChI=1S/C21H12F4N2O3/c22-12-2-8-18-16(10-12)19(28)15-9-11(1-7-17(15)27-18)20(29)26-13-3-5-14(6-4-13)30-21(23,24)25/h1-10H,(H,26,29)(H,27,28). The lowest BCUT2D eigenvalue weighted by Crippen LogP contribution is -2.17. The number of hydrogen-bond donors (Lipinski definition) is 2. The van der Waals surface area contributed by atoms with Gasteiger partial charge in [0.05, 0.1) is 0 Å². The topological polar surface area (TPSA) is 71.2 Å². The third-order valence-corrected chi connectivity index (χ3v) is 4.37. The van der Waals surface area contributed by atoms with Crippen LogP contribution in [0.5, 0.6) is 5.75 Å². The third-order valence-electron chi connectivity index (χ3n) is 4.37. The number of fused-ring (bicyclic) bond motifs is 2. The van der Waals surface area contributed by atoms with Gasteiger partial charge in [0.15, 0.2) is 5.43 Å². The average Bonchev–Trinajstić information content (AvgIpc) is 2.69. The Morgan fingerprint density at radius 1 is 0.900 bits per heavy atom. The van der Waals surface area contributed by atoms with E-state index < -0.39 is 29.3 Å². The number of halogens is 4. The number of carbonyl (C=O) groups excluding carboxylic acids is 1. The van der Waals surface area contributed by atoms with Gasteiger partial charge in [-0.15, -0.1) is 13.2 Å². The SMILES string of the molecule is O=C(Nc1ccc(OC(F)(F)F)cc1)c1ccc2[nH]c3ccc(F)cc3c(=O)c2c1. The van der Waals surface area contributed by atoms with Crippen molar-refractivity contribution in [3.05, 3.63) is 82.3 Å². The van der Waals surface area contributed by atoms with Gasteiger partial charge in [-0.05, 0) is 60.7 Å². The molecule has 1 aromatic heterocycles. The van der Waals surface area contributed by atoms with Crippen molar-refractivity contribution in [2.45, 2.75) is 6.36 Å². The minimum Gasteiger partial charge on any atom is -0.406 e. The van der Waals surface area contributed by atoms with Crippen LogP contribution in [0.2, 0.25) is 0 Å². The minimum absolute atomic E-state index is 0.152. The van der Waals surface area contributed by atoms with Crippen LogP contribution < -0.4 is 15.5 Å². The number of carbonyl (C=O) groups is 1. The number of hydrogen-bond acceptors (Lipinski definition) is 3. The fourth-order valence-electron chi connectivity index (χ4n) is 3.03. The molecule has 3 aromatic carbocycles. The number of aromatic nitrogens is 1. The molecule has 0 aliphatic heterocycles. The maximum Gasteiger partial charge on any atom is 0.573 e. The van der Waals surface area contributed by atoms with Gasteiger partial charge in [0, 0.05) is 33.1 Å². The number of ether oxygens (including phenoxy) is 1. The molecule has 0 radical (unpaired) electrons. The second kappa shape index (κ2) is 7.18. The van der Waals surface area contributed by atoms with E-state index in [0.717, 1.165) is 18.2 Å². The third kappa shape index (κ3) is 3.95. The molecule has 9 heteroatoms. The summed E-state index contributed by atoms with van der Waals surface area (Å²) in [5.41, 5.74) is 0.904. The van der Waals surface area contributed by atoms with Gasteiger partial charge < -0.3 is 15.0 Å². The van der Waals surface area contributed by atoms with Crippen LogP contribution in [0.15, 0.2) is 65.5 Å². The average molecular weight is 416 g/mol. The number of rotatable bonds is 3. The van der Waals surface area contributed by atoms with E-state index in [9.17, 15) is 27.2 Å². The van der Waals surface area contributed by atoms with E-state index in [4.69, 9.17) is 0 Å². The van der Waals surface area contributed by atoms with Crippen molar-refractivity contribution in [2.75, 3.05) is 5.32 Å². The van der Waals surface area contributed by atoms with Gasteiger partial charge in [-0.3, -0.25) is 9.59 Å². The summed E-state index contributed by atoms with van der Waals surface area (Å²) in [5.74, 6) is -1.55. The van der Waals surface area contributed by atoms with Crippen molar-refractivity contribution in [2.24, 2.45) is 0 Å². The zero-order valence-corrected chi connectivity index (χ0v) is 15.0. The summed E-state index contributed by atoms with van der Waals surface area (Å²) in [7, 11) is 0. The fraction of sp³-hybridized carbons (Fsp3) is 0.0476. The monoisotopic (exact) mass is 416 g/mol. The molecule has 0 atom stereocenters. The highest BCUT2D eigenvalue weighted by Gasteiger charge is 2.31. The predicted octanol–water partition coefficient (Wildman–Crippen LogP) is 4.97. The first kappa shape index (κ1) is 19.4. The molecule has 0 saturated heterocycles. The molecule has 30 heavy (non-hydrogen) atoms. The molecule has 5 nitrogen and oxygen atoms in total. The highest BCUT2D eigenvalue weighted by atomic mass is 19.4. The van der Waals surface area contributed by atoms with Crippen LogP contribution in [-0.2, 0) is 0 Å². The van der Waals surface area contributed by atoms with Gasteiger partial charge in [-0.1, -0.05) is 0 Å². The number of aromatic amines is 1. The smallest absolute Gasteiger partial charge is 0.406 e. The number of nitrogens with one attached hydrogen (secondary N) is 2. The van der Waals surface area contributed by atoms with Crippen LogP contribution in [-0.4, -0.2) is 17.3 Å². The van der Waals surface area contributed by atoms with Gasteiger partial charge >= 0.3 is 6.36 Å². The zero-order chi connectivity index (χ0) is 21.5. The summed E-state index contributed by atoms with van der Waals surface area (Å²) in [6, 6.07) is 12.9. The van der Waals surface area contributed by atoms with E-state index in [2.05, 4.69) is 15.0 Å². The molecule has 0 spiro atoms. The van der Waals surface area contributed by atoms with Crippen molar-refractivity contribution < 1.29 is 27.1 Å². The van der Waals surface area contributed by atoms with E-state index in [0.29, 0.717) is 11.0 Å². The van der Waals surface area contributed by atoms with Gasteiger partial charge in [-0.2, -0.15) is 0 Å². The van der Waals surface area contributed by atoms with Crippen molar-refractivity contribution in [1.29, 1.82) is 0 Å². The fourth-order valence-corrected chi connectivity index (χ4v) is 3.03. The normalized spacial score (nSPS) is 11.6. The largest absolute Gasteiger partial charge is 0.573 e. The number of alkyl halides is 3. The Balaban J connectivity index is 1.62. The van der Waals surface area contributed by atoms with Crippen molar-refractivity contribution in [3.8, 4) is 5.75 Å². The summed E-state index contributed by atoms with van der Waals surface area (Å²) in [4.78, 5) is 28.2. The van der Waals surface area contributed by atoms with Crippen LogP contribution in [0.25, 0.3) is 21.8 Å². The van der Waals surface area contributed by atoms with Crippen LogP contribution in [0, 0.1) is 5.82 Å². The Bertz CT molecular complexity index is 1330. The first-order valence-corrected chi connectivity index (χ1v) is 8.62. The lowest BCUT2D eigenvalue weighted by molar-refractivity contribution is -0.274. The Morgan fingerprint density at radius 3 is 2.20 bits per heavy atom. The number of anilines is 1. The molecule has 0 aliphatic carbocycles. The molecule has 152 valence electrons. The lowest BCUT2D eigenvalue weighted by atomic mass is 10.1. The van der Waals surface area contributed by atoms with Crippen LogP contribution in [0.3, 0.4) is 0 Å². The predicted molar refractivity (Wildman–Crippen MR) is 103 cm³/mol. The molecule has 0 saturated carbocycles. The highest BCUT2D eigenvalue weighted by molar-refractivity contribution is 6.07. The van der Waals surface area contributed by atoms with E-state index >= 15 is 0 Å². The molecular weight excluding hydrogens is 404 g/mol. The molecule has 0 unspecified atom stereocenters. The number of H-pyrrole nitrogens is 1. The maximum absolute atomic E-state index is 13.5. The molecule has 0 fully saturated rings. The molecule has 4 aromatic rings. The van der Waals surface area contributed by atoms with Gasteiger partial charge in [-0.25, -0.2) is 4.39 Å². The van der Waals surface area contributed by atoms with Crippen LogP contribution >= 0.6 is 0 Å². The Kier molecular flexibility index (Phi) is 4.65. The van der Waals surface area contributed by atoms with E-state index in [1.807, 2.05) is 0 Å². The van der Waals surface area contributed by atoms with Crippen LogP contribution in [0.4, 0.5) is 23.2 Å². The molecule has 2 N–H and O–H groups in total. The zero-order valence-electron chi connectivity index (χ0n) is 15.0. The van der Waals surface area contributed by atoms with Gasteiger partial charge in [0.2, 0.25) is 0 Å². The van der Waals surface area contributed by atoms with Crippen molar-refractivity contribution in [3.63, 3.8) is 0 Å². The molecule has 0 bridgehead atoms. The van der Waals surface area contributed by atoms with Crippen molar-refractivity contribution in [1.82, 2.24) is 4.98 Å². The summed E-state index contributed by atoms with van der Waals surface area (Å²) in [6.45, 7) is 0. The van der Waals surface area contributed by atoms with Crippen molar-refractivity contribution >= 4 is 33.4 Å². The Hall–Kier alpha value is -3.88. The van der Waals surface area contributed by atoms with E-state index in [-0.39, 0.29) is 22.0 Å². The van der Waals surface area contributed by atoms with Gasteiger partial charge in [0.1, 0.15) is 11.6 Å². The first-order chi connectivity index (χ1) is 14.2. The summed E-state index contributed by atoms with van der Waals surface area (Å²) in [5, 5.41) is 2.89. The van der Waals surface area contributed by atoms with E-state index in [1.54, 1.807) is 6.07 Å². The second-order valence-corrected chi connectivity index (χ2v) is 6.43. The Morgan fingerprint density at radius 2 is 1.53 bits per heavy atom. The summed E-state index contributed by atoms with van der Waals surface area (Å²) < 4.78 is 53.9. The summed E-state index contributed by atoms with van der Waals surface area (Å²) >= 11 is 0. The number of amides is 1. The molecule has 0 aliphatic rings. The molecule has 1 heterocycles. The van der Waals surface area contributed by atoms with Crippen LogP contribution in [0.1, 0.15) is 10.4 Å².